The average molecular weight is 420 g/mol. The minimum Gasteiger partial charge on any atom is -0.370 e. The first kappa shape index (κ1) is 18.3. The van der Waals surface area contributed by atoms with Crippen LogP contribution in [-0.4, -0.2) is 42.1 Å². The summed E-state index contributed by atoms with van der Waals surface area (Å²) in [5, 5.41) is 3.41. The maximum atomic E-state index is 6.08. The van der Waals surface area contributed by atoms with Crippen molar-refractivity contribution in [2.75, 3.05) is 13.1 Å². The molecule has 3 N–H and O–H groups in total. The van der Waals surface area contributed by atoms with Gasteiger partial charge in [-0.3, -0.25) is 9.89 Å². The number of halogens is 1. The molecule has 0 aromatic rings. The van der Waals surface area contributed by atoms with Crippen LogP contribution in [0.1, 0.15) is 70.6 Å². The Morgan fingerprint density at radius 2 is 1.64 bits per heavy atom. The van der Waals surface area contributed by atoms with Gasteiger partial charge >= 0.3 is 0 Å². The van der Waals surface area contributed by atoms with E-state index in [4.69, 9.17) is 5.73 Å². The van der Waals surface area contributed by atoms with Gasteiger partial charge in [0.25, 0.3) is 0 Å². The van der Waals surface area contributed by atoms with E-state index in [1.165, 1.54) is 77.2 Å². The van der Waals surface area contributed by atoms with Crippen molar-refractivity contribution < 1.29 is 0 Å². The molecule has 3 rings (SSSR count). The van der Waals surface area contributed by atoms with Crippen LogP contribution in [0.25, 0.3) is 0 Å². The van der Waals surface area contributed by atoms with Crippen LogP contribution in [0.15, 0.2) is 4.99 Å². The van der Waals surface area contributed by atoms with Gasteiger partial charge in [0.05, 0.1) is 6.54 Å². The molecular formula is C17H33IN4. The Kier molecular flexibility index (Phi) is 7.74. The van der Waals surface area contributed by atoms with Crippen LogP contribution < -0.4 is 11.1 Å². The van der Waals surface area contributed by atoms with Crippen molar-refractivity contribution in [3.05, 3.63) is 0 Å². The summed E-state index contributed by atoms with van der Waals surface area (Å²) >= 11 is 0. The molecule has 1 unspecified atom stereocenters. The van der Waals surface area contributed by atoms with Crippen molar-refractivity contribution >= 4 is 29.9 Å². The SMILES string of the molecule is I.NC(=NCC1CCCN1C1CCCCC1)NC1CCCC1. The number of nitrogens with zero attached hydrogens (tertiary/aromatic N) is 2. The summed E-state index contributed by atoms with van der Waals surface area (Å²) in [6, 6.07) is 2.04. The van der Waals surface area contributed by atoms with Gasteiger partial charge in [-0.15, -0.1) is 24.0 Å². The summed E-state index contributed by atoms with van der Waals surface area (Å²) in [6.07, 6.45) is 14.9. The van der Waals surface area contributed by atoms with Gasteiger partial charge in [0, 0.05) is 18.1 Å². The molecule has 0 aromatic carbocycles. The lowest BCUT2D eigenvalue weighted by atomic mass is 9.94. The smallest absolute Gasteiger partial charge is 0.188 e. The highest BCUT2D eigenvalue weighted by molar-refractivity contribution is 14.0. The van der Waals surface area contributed by atoms with E-state index in [-0.39, 0.29) is 24.0 Å². The molecule has 3 fully saturated rings. The molecule has 5 heteroatoms. The van der Waals surface area contributed by atoms with Crippen molar-refractivity contribution in [1.29, 1.82) is 0 Å². The van der Waals surface area contributed by atoms with E-state index >= 15 is 0 Å². The number of nitrogens with one attached hydrogen (secondary N) is 1. The molecule has 0 bridgehead atoms. The van der Waals surface area contributed by atoms with Crippen molar-refractivity contribution in [2.45, 2.75) is 88.8 Å². The van der Waals surface area contributed by atoms with Gasteiger partial charge in [0.1, 0.15) is 0 Å². The lowest BCUT2D eigenvalue weighted by Crippen LogP contribution is -2.43. The van der Waals surface area contributed by atoms with Crippen molar-refractivity contribution in [1.82, 2.24) is 10.2 Å². The van der Waals surface area contributed by atoms with Gasteiger partial charge < -0.3 is 11.1 Å². The van der Waals surface area contributed by atoms with Crippen molar-refractivity contribution in [2.24, 2.45) is 10.7 Å². The lowest BCUT2D eigenvalue weighted by molar-refractivity contribution is 0.145. The third-order valence-corrected chi connectivity index (χ3v) is 5.65. The molecule has 0 amide bonds. The molecule has 128 valence electrons. The molecule has 22 heavy (non-hydrogen) atoms. The molecule has 0 spiro atoms. The fourth-order valence-electron chi connectivity index (χ4n) is 4.48. The largest absolute Gasteiger partial charge is 0.370 e. The summed E-state index contributed by atoms with van der Waals surface area (Å²) in [4.78, 5) is 7.40. The normalized spacial score (nSPS) is 28.7. The van der Waals surface area contributed by atoms with E-state index in [2.05, 4.69) is 15.2 Å². The maximum absolute atomic E-state index is 6.08. The molecule has 2 aliphatic carbocycles. The second-order valence-corrected chi connectivity index (χ2v) is 7.18. The van der Waals surface area contributed by atoms with Crippen LogP contribution in [0, 0.1) is 0 Å². The Hall–Kier alpha value is -0.0400. The monoisotopic (exact) mass is 420 g/mol. The van der Waals surface area contributed by atoms with Gasteiger partial charge in [-0.1, -0.05) is 32.1 Å². The minimum absolute atomic E-state index is 0. The highest BCUT2D eigenvalue weighted by atomic mass is 127. The Bertz CT molecular complexity index is 349. The van der Waals surface area contributed by atoms with Gasteiger partial charge in [0.2, 0.25) is 0 Å². The Balaban J connectivity index is 0.00000176. The third kappa shape index (κ3) is 4.98. The lowest BCUT2D eigenvalue weighted by Gasteiger charge is -2.35. The third-order valence-electron chi connectivity index (χ3n) is 5.65. The molecule has 0 aromatic heterocycles. The number of aliphatic imine (C=N–C) groups is 1. The molecular weight excluding hydrogens is 387 g/mol. The van der Waals surface area contributed by atoms with Crippen LogP contribution in [0.2, 0.25) is 0 Å². The number of hydrogen-bond acceptors (Lipinski definition) is 2. The van der Waals surface area contributed by atoms with Crippen molar-refractivity contribution in [3.63, 3.8) is 0 Å². The van der Waals surface area contributed by atoms with E-state index in [1.54, 1.807) is 0 Å². The minimum atomic E-state index is 0. The molecule has 1 heterocycles. The number of likely N-dealkylation sites (tertiary alicyclic amines) is 1. The number of hydrogen-bond donors (Lipinski definition) is 2. The standard InChI is InChI=1S/C17H32N4.HI/c18-17(20-14-7-4-5-8-14)19-13-16-11-6-12-21(16)15-9-2-1-3-10-15;/h14-16H,1-13H2,(H3,18,19,20);1H. The number of nitrogens with two attached hydrogens (primary N) is 1. The average Bonchev–Trinajstić information content (AvgIpc) is 3.17. The van der Waals surface area contributed by atoms with Crippen LogP contribution >= 0.6 is 24.0 Å². The topological polar surface area (TPSA) is 53.6 Å². The molecule has 1 saturated heterocycles. The van der Waals surface area contributed by atoms with Crippen LogP contribution in [0.5, 0.6) is 0 Å². The maximum Gasteiger partial charge on any atom is 0.188 e. The van der Waals surface area contributed by atoms with E-state index in [1.807, 2.05) is 0 Å². The summed E-state index contributed by atoms with van der Waals surface area (Å²) in [6.45, 7) is 2.17. The van der Waals surface area contributed by atoms with E-state index in [0.717, 1.165) is 12.6 Å². The molecule has 1 aliphatic heterocycles. The van der Waals surface area contributed by atoms with Crippen molar-refractivity contribution in [3.8, 4) is 0 Å². The van der Waals surface area contributed by atoms with E-state index < -0.39 is 0 Å². The van der Waals surface area contributed by atoms with Gasteiger partial charge in [0.15, 0.2) is 5.96 Å². The van der Waals surface area contributed by atoms with Crippen LogP contribution in [0.3, 0.4) is 0 Å². The molecule has 2 saturated carbocycles. The molecule has 3 aliphatic rings. The summed E-state index contributed by atoms with van der Waals surface area (Å²) in [5.74, 6) is 0.678. The fourth-order valence-corrected chi connectivity index (χ4v) is 4.48. The van der Waals surface area contributed by atoms with Crippen LogP contribution in [0.4, 0.5) is 0 Å². The summed E-state index contributed by atoms with van der Waals surface area (Å²) in [7, 11) is 0. The van der Waals surface area contributed by atoms with Gasteiger partial charge in [-0.25, -0.2) is 0 Å². The fraction of sp³-hybridized carbons (Fsp3) is 0.941. The van der Waals surface area contributed by atoms with Gasteiger partial charge in [-0.05, 0) is 45.1 Å². The molecule has 4 nitrogen and oxygen atoms in total. The number of guanidine groups is 1. The second kappa shape index (κ2) is 9.30. The predicted octanol–water partition coefficient (Wildman–Crippen LogP) is 3.25. The Morgan fingerprint density at radius 1 is 0.955 bits per heavy atom. The Labute approximate surface area is 152 Å². The summed E-state index contributed by atoms with van der Waals surface area (Å²) in [5.41, 5.74) is 6.08. The van der Waals surface area contributed by atoms with E-state index in [9.17, 15) is 0 Å². The molecule has 0 radical (unpaired) electrons. The zero-order valence-corrected chi connectivity index (χ0v) is 16.1. The van der Waals surface area contributed by atoms with Crippen LogP contribution in [-0.2, 0) is 0 Å². The zero-order valence-electron chi connectivity index (χ0n) is 13.8. The van der Waals surface area contributed by atoms with E-state index in [0.29, 0.717) is 18.0 Å². The first-order valence-corrected chi connectivity index (χ1v) is 9.15. The summed E-state index contributed by atoms with van der Waals surface area (Å²) < 4.78 is 0. The number of rotatable bonds is 4. The second-order valence-electron chi connectivity index (χ2n) is 7.18. The highest BCUT2D eigenvalue weighted by Crippen LogP contribution is 2.29. The zero-order chi connectivity index (χ0) is 14.5. The quantitative estimate of drug-likeness (QED) is 0.417. The first-order valence-electron chi connectivity index (χ1n) is 9.15. The first-order chi connectivity index (χ1) is 10.3. The highest BCUT2D eigenvalue weighted by Gasteiger charge is 2.31. The Morgan fingerprint density at radius 3 is 2.36 bits per heavy atom. The molecule has 1 atom stereocenters. The predicted molar refractivity (Wildman–Crippen MR) is 104 cm³/mol. The van der Waals surface area contributed by atoms with Gasteiger partial charge in [-0.2, -0.15) is 0 Å².